The van der Waals surface area contributed by atoms with E-state index in [1.807, 2.05) is 18.2 Å². The van der Waals surface area contributed by atoms with Crippen LogP contribution in [0.1, 0.15) is 25.8 Å². The van der Waals surface area contributed by atoms with Crippen LogP contribution in [-0.4, -0.2) is 26.7 Å². The smallest absolute Gasteiger partial charge is 0.243 e. The van der Waals surface area contributed by atoms with Gasteiger partial charge in [-0.15, -0.1) is 0 Å². The minimum absolute atomic E-state index is 0.0829. The number of carbonyl (C=O) groups is 1. The van der Waals surface area contributed by atoms with Crippen molar-refractivity contribution in [2.45, 2.75) is 20.3 Å². The predicted molar refractivity (Wildman–Crippen MR) is 81.0 cm³/mol. The Balaban J connectivity index is 2.59. The third-order valence-electron chi connectivity index (χ3n) is 2.86. The minimum Gasteiger partial charge on any atom is -0.493 e. The maximum atomic E-state index is 11.6. The Hall–Kier alpha value is -1.97. The number of amides is 1. The number of carbonyl (C=O) groups excluding carboxylic acids is 1. The lowest BCUT2D eigenvalue weighted by atomic mass is 10.1. The molecule has 0 aliphatic heterocycles. The van der Waals surface area contributed by atoms with Gasteiger partial charge in [-0.1, -0.05) is 19.9 Å². The summed E-state index contributed by atoms with van der Waals surface area (Å²) in [4.78, 5) is 11.6. The first-order valence-electron chi connectivity index (χ1n) is 6.74. The molecule has 0 heterocycles. The average Bonchev–Trinajstić information content (AvgIpc) is 2.44. The standard InChI is InChI=1S/C16H23NO3/c1-12(2)9-10-17-16(18)8-6-13-5-7-14(19-3)15(11-13)20-4/h5-8,11-12H,9-10H2,1-4H3,(H,17,18)/b8-6+. The number of hydrogen-bond donors (Lipinski definition) is 1. The summed E-state index contributed by atoms with van der Waals surface area (Å²) in [6, 6.07) is 5.52. The Morgan fingerprint density at radius 3 is 2.55 bits per heavy atom. The number of benzene rings is 1. The molecule has 0 saturated carbocycles. The monoisotopic (exact) mass is 277 g/mol. The van der Waals surface area contributed by atoms with Gasteiger partial charge < -0.3 is 14.8 Å². The quantitative estimate of drug-likeness (QED) is 0.780. The molecule has 1 amide bonds. The van der Waals surface area contributed by atoms with Crippen LogP contribution in [0.4, 0.5) is 0 Å². The van der Waals surface area contributed by atoms with E-state index in [1.54, 1.807) is 20.3 Å². The summed E-state index contributed by atoms with van der Waals surface area (Å²) in [7, 11) is 3.18. The highest BCUT2D eigenvalue weighted by atomic mass is 16.5. The normalized spacial score (nSPS) is 10.8. The summed E-state index contributed by atoms with van der Waals surface area (Å²) in [5, 5.41) is 2.85. The van der Waals surface area contributed by atoms with Crippen molar-refractivity contribution in [1.82, 2.24) is 5.32 Å². The van der Waals surface area contributed by atoms with Crippen LogP contribution in [0.15, 0.2) is 24.3 Å². The first kappa shape index (κ1) is 16.1. The second-order valence-corrected chi connectivity index (χ2v) is 4.92. The molecule has 0 unspecified atom stereocenters. The van der Waals surface area contributed by atoms with Gasteiger partial charge in [-0.05, 0) is 36.1 Å². The zero-order chi connectivity index (χ0) is 15.0. The fraction of sp³-hybridized carbons (Fsp3) is 0.438. The fourth-order valence-corrected chi connectivity index (χ4v) is 1.67. The van der Waals surface area contributed by atoms with Crippen LogP contribution in [0.2, 0.25) is 0 Å². The van der Waals surface area contributed by atoms with Gasteiger partial charge in [-0.3, -0.25) is 4.79 Å². The predicted octanol–water partition coefficient (Wildman–Crippen LogP) is 2.88. The molecule has 110 valence electrons. The summed E-state index contributed by atoms with van der Waals surface area (Å²) >= 11 is 0. The molecule has 0 aromatic heterocycles. The summed E-state index contributed by atoms with van der Waals surface area (Å²) in [5.41, 5.74) is 0.890. The molecular weight excluding hydrogens is 254 g/mol. The summed E-state index contributed by atoms with van der Waals surface area (Å²) < 4.78 is 10.4. The van der Waals surface area contributed by atoms with Gasteiger partial charge in [-0.2, -0.15) is 0 Å². The highest BCUT2D eigenvalue weighted by Gasteiger charge is 2.03. The largest absolute Gasteiger partial charge is 0.493 e. The molecule has 1 aromatic carbocycles. The van der Waals surface area contributed by atoms with E-state index < -0.39 is 0 Å². The molecule has 0 aliphatic rings. The van der Waals surface area contributed by atoms with Crippen molar-refractivity contribution < 1.29 is 14.3 Å². The van der Waals surface area contributed by atoms with Crippen LogP contribution >= 0.6 is 0 Å². The molecule has 4 nitrogen and oxygen atoms in total. The minimum atomic E-state index is -0.0829. The van der Waals surface area contributed by atoms with Gasteiger partial charge in [0.1, 0.15) is 0 Å². The SMILES string of the molecule is COc1ccc(/C=C/C(=O)NCCC(C)C)cc1OC. The van der Waals surface area contributed by atoms with Crippen molar-refractivity contribution in [1.29, 1.82) is 0 Å². The van der Waals surface area contributed by atoms with E-state index >= 15 is 0 Å². The molecule has 0 spiro atoms. The lowest BCUT2D eigenvalue weighted by Crippen LogP contribution is -2.23. The lowest BCUT2D eigenvalue weighted by molar-refractivity contribution is -0.116. The van der Waals surface area contributed by atoms with E-state index in [1.165, 1.54) is 6.08 Å². The third kappa shape index (κ3) is 5.34. The van der Waals surface area contributed by atoms with Crippen molar-refractivity contribution in [2.24, 2.45) is 5.92 Å². The van der Waals surface area contributed by atoms with E-state index in [-0.39, 0.29) is 5.91 Å². The van der Waals surface area contributed by atoms with Gasteiger partial charge in [0, 0.05) is 12.6 Å². The lowest BCUT2D eigenvalue weighted by Gasteiger charge is -2.07. The molecule has 0 fully saturated rings. The van der Waals surface area contributed by atoms with Gasteiger partial charge in [0.15, 0.2) is 11.5 Å². The fourth-order valence-electron chi connectivity index (χ4n) is 1.67. The maximum absolute atomic E-state index is 11.6. The molecule has 1 rings (SSSR count). The first-order valence-corrected chi connectivity index (χ1v) is 6.74. The van der Waals surface area contributed by atoms with Crippen LogP contribution in [-0.2, 0) is 4.79 Å². The molecule has 0 saturated heterocycles. The van der Waals surface area contributed by atoms with E-state index in [9.17, 15) is 4.79 Å². The van der Waals surface area contributed by atoms with Crippen LogP contribution in [0.5, 0.6) is 11.5 Å². The Labute approximate surface area is 120 Å². The first-order chi connectivity index (χ1) is 9.56. The molecule has 1 aromatic rings. The van der Waals surface area contributed by atoms with E-state index in [2.05, 4.69) is 19.2 Å². The van der Waals surface area contributed by atoms with Gasteiger partial charge in [-0.25, -0.2) is 0 Å². The summed E-state index contributed by atoms with van der Waals surface area (Å²) in [6.45, 7) is 4.96. The van der Waals surface area contributed by atoms with Gasteiger partial charge in [0.05, 0.1) is 14.2 Å². The number of hydrogen-bond acceptors (Lipinski definition) is 3. The maximum Gasteiger partial charge on any atom is 0.243 e. The Morgan fingerprint density at radius 2 is 1.95 bits per heavy atom. The Bertz CT molecular complexity index is 467. The average molecular weight is 277 g/mol. The Morgan fingerprint density at radius 1 is 1.25 bits per heavy atom. The molecule has 1 N–H and O–H groups in total. The van der Waals surface area contributed by atoms with Crippen molar-refractivity contribution in [3.05, 3.63) is 29.8 Å². The zero-order valence-electron chi connectivity index (χ0n) is 12.6. The van der Waals surface area contributed by atoms with Gasteiger partial charge in [0.25, 0.3) is 0 Å². The highest BCUT2D eigenvalue weighted by Crippen LogP contribution is 2.27. The Kier molecular flexibility index (Phi) is 6.64. The number of methoxy groups -OCH3 is 2. The molecule has 0 aliphatic carbocycles. The van der Waals surface area contributed by atoms with Crippen LogP contribution in [0.25, 0.3) is 6.08 Å². The van der Waals surface area contributed by atoms with Gasteiger partial charge >= 0.3 is 0 Å². The second kappa shape index (κ2) is 8.25. The number of ether oxygens (including phenoxy) is 2. The van der Waals surface area contributed by atoms with Crippen LogP contribution < -0.4 is 14.8 Å². The molecule has 20 heavy (non-hydrogen) atoms. The van der Waals surface area contributed by atoms with Crippen LogP contribution in [0, 0.1) is 5.92 Å². The molecule has 4 heteroatoms. The van der Waals surface area contributed by atoms with Crippen molar-refractivity contribution in [3.8, 4) is 11.5 Å². The van der Waals surface area contributed by atoms with E-state index in [0.717, 1.165) is 12.0 Å². The van der Waals surface area contributed by atoms with Crippen molar-refractivity contribution in [2.75, 3.05) is 20.8 Å². The molecular formula is C16H23NO3. The third-order valence-corrected chi connectivity index (χ3v) is 2.86. The van der Waals surface area contributed by atoms with E-state index in [0.29, 0.717) is 24.0 Å². The molecule has 0 bridgehead atoms. The number of nitrogens with one attached hydrogen (secondary N) is 1. The summed E-state index contributed by atoms with van der Waals surface area (Å²) in [6.07, 6.45) is 4.27. The second-order valence-electron chi connectivity index (χ2n) is 4.92. The summed E-state index contributed by atoms with van der Waals surface area (Å²) in [5.74, 6) is 1.83. The topological polar surface area (TPSA) is 47.6 Å². The van der Waals surface area contributed by atoms with Crippen molar-refractivity contribution in [3.63, 3.8) is 0 Å². The van der Waals surface area contributed by atoms with Crippen LogP contribution in [0.3, 0.4) is 0 Å². The van der Waals surface area contributed by atoms with E-state index in [4.69, 9.17) is 9.47 Å². The van der Waals surface area contributed by atoms with Crippen molar-refractivity contribution >= 4 is 12.0 Å². The van der Waals surface area contributed by atoms with Gasteiger partial charge in [0.2, 0.25) is 5.91 Å². The molecule has 0 atom stereocenters. The number of rotatable bonds is 7. The molecule has 0 radical (unpaired) electrons. The zero-order valence-corrected chi connectivity index (χ0v) is 12.6. The highest BCUT2D eigenvalue weighted by molar-refractivity contribution is 5.91.